The molecule has 1 aromatic heterocycles. The molecule has 0 spiro atoms. The molecule has 2 aromatic rings. The fourth-order valence-corrected chi connectivity index (χ4v) is 2.60. The van der Waals surface area contributed by atoms with Crippen LogP contribution in [0.3, 0.4) is 0 Å². The summed E-state index contributed by atoms with van der Waals surface area (Å²) < 4.78 is 6.75. The quantitative estimate of drug-likeness (QED) is 0.922. The Labute approximate surface area is 123 Å². The van der Waals surface area contributed by atoms with E-state index in [1.165, 1.54) is 0 Å². The third kappa shape index (κ3) is 2.87. The van der Waals surface area contributed by atoms with E-state index in [4.69, 9.17) is 16.3 Å². The lowest BCUT2D eigenvalue weighted by molar-refractivity contribution is 0.0883. The molecule has 0 aliphatic heterocycles. The molecule has 1 N–H and O–H groups in total. The Bertz CT molecular complexity index is 593. The molecule has 0 fully saturated rings. The van der Waals surface area contributed by atoms with E-state index >= 15 is 0 Å². The molecule has 0 saturated carbocycles. The highest BCUT2D eigenvalue weighted by molar-refractivity contribution is 6.31. The van der Waals surface area contributed by atoms with Crippen LogP contribution in [-0.4, -0.2) is 28.6 Å². The van der Waals surface area contributed by atoms with Crippen LogP contribution >= 0.6 is 11.6 Å². The van der Waals surface area contributed by atoms with Crippen molar-refractivity contribution >= 4 is 11.6 Å². The second kappa shape index (κ2) is 5.95. The molecule has 0 radical (unpaired) electrons. The molecule has 1 aromatic carbocycles. The number of rotatable bonds is 5. The van der Waals surface area contributed by atoms with Crippen LogP contribution in [0.1, 0.15) is 23.7 Å². The number of halogens is 1. The third-order valence-corrected chi connectivity index (χ3v) is 3.62. The van der Waals surface area contributed by atoms with E-state index < -0.39 is 5.60 Å². The van der Waals surface area contributed by atoms with Crippen LogP contribution in [0.2, 0.25) is 5.02 Å². The fraction of sp³-hybridized carbons (Fsp3) is 0.400. The predicted molar refractivity (Wildman–Crippen MR) is 79.0 cm³/mol. The summed E-state index contributed by atoms with van der Waals surface area (Å²) in [5, 5.41) is 15.6. The van der Waals surface area contributed by atoms with Gasteiger partial charge >= 0.3 is 0 Å². The van der Waals surface area contributed by atoms with Crippen molar-refractivity contribution in [2.24, 2.45) is 0 Å². The van der Waals surface area contributed by atoms with Gasteiger partial charge in [0, 0.05) is 7.11 Å². The van der Waals surface area contributed by atoms with Gasteiger partial charge in [-0.1, -0.05) is 41.4 Å². The molecule has 4 nitrogen and oxygen atoms in total. The lowest BCUT2D eigenvalue weighted by atomic mass is 9.91. The van der Waals surface area contributed by atoms with Crippen molar-refractivity contribution < 1.29 is 9.84 Å². The number of methoxy groups -OCH3 is 1. The van der Waals surface area contributed by atoms with Crippen LogP contribution in [0.5, 0.6) is 0 Å². The molecule has 108 valence electrons. The zero-order valence-corrected chi connectivity index (χ0v) is 12.7. The van der Waals surface area contributed by atoms with Gasteiger partial charge in [0.25, 0.3) is 0 Å². The van der Waals surface area contributed by atoms with E-state index in [1.807, 2.05) is 31.2 Å². The molecular formula is C15H19ClN2O2. The molecule has 0 bridgehead atoms. The summed E-state index contributed by atoms with van der Waals surface area (Å²) in [6.07, 6.45) is 1.55. The Morgan fingerprint density at radius 2 is 2.20 bits per heavy atom. The van der Waals surface area contributed by atoms with Gasteiger partial charge in [-0.25, -0.2) is 0 Å². The van der Waals surface area contributed by atoms with Crippen molar-refractivity contribution in [3.8, 4) is 0 Å². The number of nitrogens with zero attached hydrogens (tertiary/aromatic N) is 2. The molecular weight excluding hydrogens is 276 g/mol. The number of benzene rings is 1. The van der Waals surface area contributed by atoms with Gasteiger partial charge in [-0.05, 0) is 19.4 Å². The van der Waals surface area contributed by atoms with E-state index in [0.717, 1.165) is 11.1 Å². The smallest absolute Gasteiger partial charge is 0.130 e. The number of ether oxygens (including phenoxy) is 1. The standard InChI is InChI=1S/C15H19ClN2O2/c1-11-5-4-6-12(9-11)15(2,19)14-13(16)10-17-18(14)7-8-20-3/h4-6,9-10,19H,7-8H2,1-3H3. The number of hydrogen-bond donors (Lipinski definition) is 1. The van der Waals surface area contributed by atoms with Gasteiger partial charge in [-0.15, -0.1) is 0 Å². The molecule has 1 atom stereocenters. The maximum Gasteiger partial charge on any atom is 0.130 e. The van der Waals surface area contributed by atoms with Crippen LogP contribution < -0.4 is 0 Å². The minimum atomic E-state index is -1.20. The highest BCUT2D eigenvalue weighted by Gasteiger charge is 2.32. The summed E-state index contributed by atoms with van der Waals surface area (Å²) in [7, 11) is 1.63. The normalized spacial score (nSPS) is 14.2. The average molecular weight is 295 g/mol. The van der Waals surface area contributed by atoms with Crippen LogP contribution in [0.25, 0.3) is 0 Å². The summed E-state index contributed by atoms with van der Waals surface area (Å²) >= 11 is 6.21. The van der Waals surface area contributed by atoms with Crippen LogP contribution in [0.15, 0.2) is 30.5 Å². The monoisotopic (exact) mass is 294 g/mol. The zero-order valence-electron chi connectivity index (χ0n) is 11.9. The SMILES string of the molecule is COCCn1ncc(Cl)c1C(C)(O)c1cccc(C)c1. The van der Waals surface area contributed by atoms with E-state index in [0.29, 0.717) is 23.9 Å². The van der Waals surface area contributed by atoms with Crippen LogP contribution in [0.4, 0.5) is 0 Å². The molecule has 20 heavy (non-hydrogen) atoms. The second-order valence-corrected chi connectivity index (χ2v) is 5.41. The molecule has 0 amide bonds. The Hall–Kier alpha value is -1.36. The van der Waals surface area contributed by atoms with Crippen molar-refractivity contribution in [1.29, 1.82) is 0 Å². The predicted octanol–water partition coefficient (Wildman–Crippen LogP) is 2.75. The summed E-state index contributed by atoms with van der Waals surface area (Å²) in [6, 6.07) is 7.74. The zero-order chi connectivity index (χ0) is 14.8. The Morgan fingerprint density at radius 3 is 2.85 bits per heavy atom. The van der Waals surface area contributed by atoms with Crippen molar-refractivity contribution in [3.63, 3.8) is 0 Å². The first kappa shape index (κ1) is 15.0. The van der Waals surface area contributed by atoms with Crippen molar-refractivity contribution in [2.45, 2.75) is 26.0 Å². The topological polar surface area (TPSA) is 47.3 Å². The second-order valence-electron chi connectivity index (χ2n) is 5.00. The van der Waals surface area contributed by atoms with Gasteiger partial charge < -0.3 is 9.84 Å². The third-order valence-electron chi connectivity index (χ3n) is 3.34. The molecule has 0 saturated heterocycles. The van der Waals surface area contributed by atoms with Gasteiger partial charge in [0.1, 0.15) is 5.60 Å². The Morgan fingerprint density at radius 1 is 1.45 bits per heavy atom. The highest BCUT2D eigenvalue weighted by Crippen LogP contribution is 2.34. The average Bonchev–Trinajstić information content (AvgIpc) is 2.78. The van der Waals surface area contributed by atoms with Gasteiger partial charge in [0.05, 0.1) is 30.1 Å². The molecule has 5 heteroatoms. The number of aromatic nitrogens is 2. The number of hydrogen-bond acceptors (Lipinski definition) is 3. The molecule has 2 rings (SSSR count). The lowest BCUT2D eigenvalue weighted by Gasteiger charge is -2.26. The first-order valence-electron chi connectivity index (χ1n) is 6.47. The minimum absolute atomic E-state index is 0.451. The first-order chi connectivity index (χ1) is 9.46. The van der Waals surface area contributed by atoms with Crippen LogP contribution in [-0.2, 0) is 16.9 Å². The van der Waals surface area contributed by atoms with Gasteiger partial charge in [-0.3, -0.25) is 4.68 Å². The summed E-state index contributed by atoms with van der Waals surface area (Å²) in [5.74, 6) is 0. The van der Waals surface area contributed by atoms with Gasteiger partial charge in [0.15, 0.2) is 0 Å². The van der Waals surface area contributed by atoms with E-state index in [1.54, 1.807) is 24.9 Å². The summed E-state index contributed by atoms with van der Waals surface area (Å²) in [5.41, 5.74) is 1.26. The fourth-order valence-electron chi connectivity index (χ4n) is 2.28. The summed E-state index contributed by atoms with van der Waals surface area (Å²) in [4.78, 5) is 0. The minimum Gasteiger partial charge on any atom is -0.383 e. The van der Waals surface area contributed by atoms with Crippen molar-refractivity contribution in [2.75, 3.05) is 13.7 Å². The Kier molecular flexibility index (Phi) is 4.48. The molecule has 0 aliphatic carbocycles. The van der Waals surface area contributed by atoms with Gasteiger partial charge in [0.2, 0.25) is 0 Å². The first-order valence-corrected chi connectivity index (χ1v) is 6.85. The van der Waals surface area contributed by atoms with Crippen molar-refractivity contribution in [3.05, 3.63) is 52.3 Å². The van der Waals surface area contributed by atoms with Crippen LogP contribution in [0, 0.1) is 6.92 Å². The van der Waals surface area contributed by atoms with E-state index in [9.17, 15) is 5.11 Å². The molecule has 0 aliphatic rings. The lowest BCUT2D eigenvalue weighted by Crippen LogP contribution is -2.28. The van der Waals surface area contributed by atoms with E-state index in [-0.39, 0.29) is 0 Å². The maximum atomic E-state index is 10.9. The van der Waals surface area contributed by atoms with Crippen molar-refractivity contribution in [1.82, 2.24) is 9.78 Å². The van der Waals surface area contributed by atoms with Gasteiger partial charge in [-0.2, -0.15) is 5.10 Å². The summed E-state index contributed by atoms with van der Waals surface area (Å²) in [6.45, 7) is 4.77. The Balaban J connectivity index is 2.45. The largest absolute Gasteiger partial charge is 0.383 e. The number of aryl methyl sites for hydroxylation is 1. The maximum absolute atomic E-state index is 10.9. The van der Waals surface area contributed by atoms with E-state index in [2.05, 4.69) is 5.10 Å². The highest BCUT2D eigenvalue weighted by atomic mass is 35.5. The number of aliphatic hydroxyl groups is 1. The molecule has 1 unspecified atom stereocenters. The molecule has 1 heterocycles.